The first-order valence-electron chi connectivity index (χ1n) is 13.6. The van der Waals surface area contributed by atoms with Crippen LogP contribution in [0.25, 0.3) is 11.0 Å². The van der Waals surface area contributed by atoms with Gasteiger partial charge in [-0.15, -0.1) is 0 Å². The van der Waals surface area contributed by atoms with Gasteiger partial charge in [0.05, 0.1) is 23.1 Å². The number of imidazole rings is 1. The normalized spacial score (nSPS) is 16.9. The zero-order valence-electron chi connectivity index (χ0n) is 22.8. The summed E-state index contributed by atoms with van der Waals surface area (Å²) in [6.45, 7) is 6.62. The number of carbonyl (C=O) groups is 2. The molecule has 1 aliphatic rings. The molecular weight excluding hydrogens is 500 g/mol. The molecule has 1 aromatic heterocycles. The van der Waals surface area contributed by atoms with Crippen LogP contribution in [-0.4, -0.2) is 48.1 Å². The van der Waals surface area contributed by atoms with Crippen molar-refractivity contribution in [3.63, 3.8) is 0 Å². The minimum absolute atomic E-state index is 0.122. The number of ether oxygens (including phenoxy) is 1. The van der Waals surface area contributed by atoms with Gasteiger partial charge in [0.25, 0.3) is 0 Å². The monoisotopic (exact) mass is 538 g/mol. The molecule has 1 heterocycles. The lowest BCUT2D eigenvalue weighted by Gasteiger charge is -2.36. The molecule has 8 heteroatoms. The molecule has 0 radical (unpaired) electrons. The van der Waals surface area contributed by atoms with Crippen molar-refractivity contribution >= 4 is 34.4 Å². The second-order valence-electron chi connectivity index (χ2n) is 10.5. The third kappa shape index (κ3) is 5.89. The number of nitrogens with one attached hydrogen (secondary N) is 3. The van der Waals surface area contributed by atoms with E-state index in [2.05, 4.69) is 28.6 Å². The average molecular weight is 539 g/mol. The van der Waals surface area contributed by atoms with Crippen molar-refractivity contribution in [2.24, 2.45) is 5.92 Å². The van der Waals surface area contributed by atoms with Crippen LogP contribution in [-0.2, 0) is 26.2 Å². The predicted molar refractivity (Wildman–Crippen MR) is 151 cm³/mol. The molecule has 1 saturated carbocycles. The first-order valence-corrected chi connectivity index (χ1v) is 14.0. The second kappa shape index (κ2) is 12.3. The summed E-state index contributed by atoms with van der Waals surface area (Å²) in [5.74, 6) is 0.947. The summed E-state index contributed by atoms with van der Waals surface area (Å²) in [4.78, 5) is 34.8. The molecule has 2 unspecified atom stereocenters. The first kappa shape index (κ1) is 28.1. The van der Waals surface area contributed by atoms with Gasteiger partial charge in [0.15, 0.2) is 0 Å². The van der Waals surface area contributed by atoms with Crippen molar-refractivity contribution in [2.45, 2.75) is 70.3 Å². The molecule has 7 nitrogen and oxygen atoms in total. The maximum atomic E-state index is 13.7. The van der Waals surface area contributed by atoms with Gasteiger partial charge in [0.1, 0.15) is 11.9 Å². The van der Waals surface area contributed by atoms with Gasteiger partial charge in [-0.05, 0) is 74.3 Å². The van der Waals surface area contributed by atoms with Gasteiger partial charge in [-0.2, -0.15) is 0 Å². The number of halogens is 1. The van der Waals surface area contributed by atoms with E-state index >= 15 is 0 Å². The summed E-state index contributed by atoms with van der Waals surface area (Å²) in [6.07, 6.45) is 4.64. The molecule has 2 aromatic carbocycles. The maximum Gasteiger partial charge on any atom is 0.242 e. The van der Waals surface area contributed by atoms with E-state index in [9.17, 15) is 9.59 Å². The number of methoxy groups -OCH3 is 1. The van der Waals surface area contributed by atoms with Crippen LogP contribution in [0.4, 0.5) is 0 Å². The standard InChI is InChI=1S/C30H39ClN4O3/c1-5-19(22-12-7-8-13-23(22)31)16-26-33-24-15-14-21(17-25(24)34-26)30(3,18-38-4)29(37)35-27(20-10-9-11-20)28(36)32-6-2/h7-8,12-15,17,19-20,27H,5-6,9-11,16,18H2,1-4H3,(H,32,36)(H,33,34)(H,35,37)/t19?,27-,30?/m1/s1. The molecule has 0 bridgehead atoms. The Morgan fingerprint density at radius 2 is 1.97 bits per heavy atom. The van der Waals surface area contributed by atoms with Crippen molar-refractivity contribution in [2.75, 3.05) is 20.3 Å². The first-order chi connectivity index (χ1) is 18.3. The van der Waals surface area contributed by atoms with E-state index in [-0.39, 0.29) is 30.3 Å². The molecule has 0 spiro atoms. The number of aromatic amines is 1. The molecule has 38 heavy (non-hydrogen) atoms. The number of aromatic nitrogens is 2. The molecule has 0 saturated heterocycles. The molecule has 3 aromatic rings. The van der Waals surface area contributed by atoms with Crippen LogP contribution in [0.2, 0.25) is 5.02 Å². The minimum atomic E-state index is -0.980. The highest BCUT2D eigenvalue weighted by Crippen LogP contribution is 2.33. The van der Waals surface area contributed by atoms with Gasteiger partial charge in [-0.3, -0.25) is 9.59 Å². The largest absolute Gasteiger partial charge is 0.383 e. The molecule has 2 amide bonds. The van der Waals surface area contributed by atoms with Gasteiger partial charge in [0.2, 0.25) is 11.8 Å². The van der Waals surface area contributed by atoms with E-state index in [0.717, 1.165) is 65.1 Å². The van der Waals surface area contributed by atoms with Crippen molar-refractivity contribution in [1.29, 1.82) is 0 Å². The quantitative estimate of drug-likeness (QED) is 0.292. The Bertz CT molecular complexity index is 1270. The Morgan fingerprint density at radius 3 is 2.61 bits per heavy atom. The summed E-state index contributed by atoms with van der Waals surface area (Å²) < 4.78 is 5.52. The lowest BCUT2D eigenvalue weighted by molar-refractivity contribution is -0.135. The number of hydrogen-bond donors (Lipinski definition) is 3. The SMILES string of the molecule is CCNC(=O)[C@H](NC(=O)C(C)(COC)c1ccc2nc(CC(CC)c3ccccc3Cl)[nH]c2c1)C1CCC1. The molecule has 204 valence electrons. The highest BCUT2D eigenvalue weighted by molar-refractivity contribution is 6.31. The van der Waals surface area contributed by atoms with E-state index < -0.39 is 11.5 Å². The van der Waals surface area contributed by atoms with Crippen molar-refractivity contribution < 1.29 is 14.3 Å². The third-order valence-electron chi connectivity index (χ3n) is 7.92. The van der Waals surface area contributed by atoms with Crippen LogP contribution < -0.4 is 10.6 Å². The fourth-order valence-corrected chi connectivity index (χ4v) is 5.63. The van der Waals surface area contributed by atoms with E-state index in [1.807, 2.05) is 50.2 Å². The summed E-state index contributed by atoms with van der Waals surface area (Å²) >= 11 is 6.47. The zero-order valence-corrected chi connectivity index (χ0v) is 23.5. The minimum Gasteiger partial charge on any atom is -0.383 e. The maximum absolute atomic E-state index is 13.7. The smallest absolute Gasteiger partial charge is 0.242 e. The highest BCUT2D eigenvalue weighted by Gasteiger charge is 2.41. The zero-order chi connectivity index (χ0) is 27.3. The molecule has 3 atom stereocenters. The van der Waals surface area contributed by atoms with Gasteiger partial charge in [0, 0.05) is 25.1 Å². The Hall–Kier alpha value is -2.90. The van der Waals surface area contributed by atoms with Gasteiger partial charge >= 0.3 is 0 Å². The summed E-state index contributed by atoms with van der Waals surface area (Å²) in [5.41, 5.74) is 2.65. The van der Waals surface area contributed by atoms with Crippen LogP contribution in [0.3, 0.4) is 0 Å². The highest BCUT2D eigenvalue weighted by atomic mass is 35.5. The molecule has 1 aliphatic carbocycles. The molecular formula is C30H39ClN4O3. The Balaban J connectivity index is 1.59. The van der Waals surface area contributed by atoms with Crippen LogP contribution in [0.5, 0.6) is 0 Å². The fourth-order valence-electron chi connectivity index (χ4n) is 5.34. The molecule has 0 aliphatic heterocycles. The lowest BCUT2D eigenvalue weighted by atomic mass is 9.77. The molecule has 1 fully saturated rings. The number of rotatable bonds is 12. The van der Waals surface area contributed by atoms with E-state index in [1.54, 1.807) is 7.11 Å². The number of H-pyrrole nitrogens is 1. The Labute approximate surface area is 230 Å². The predicted octanol–water partition coefficient (Wildman–Crippen LogP) is 5.28. The molecule has 3 N–H and O–H groups in total. The number of likely N-dealkylation sites (N-methyl/N-ethyl adjacent to an activating group) is 1. The van der Waals surface area contributed by atoms with Gasteiger partial charge < -0.3 is 20.4 Å². The van der Waals surface area contributed by atoms with Crippen LogP contribution in [0.1, 0.15) is 69.3 Å². The Kier molecular flexibility index (Phi) is 9.11. The second-order valence-corrected chi connectivity index (χ2v) is 11.0. The number of amides is 2. The van der Waals surface area contributed by atoms with Gasteiger partial charge in [-0.25, -0.2) is 4.98 Å². The average Bonchev–Trinajstić information content (AvgIpc) is 3.28. The fraction of sp³-hybridized carbons (Fsp3) is 0.500. The van der Waals surface area contributed by atoms with Crippen molar-refractivity contribution in [1.82, 2.24) is 20.6 Å². The number of carbonyl (C=O) groups excluding carboxylic acids is 2. The number of fused-ring (bicyclic) bond motifs is 1. The van der Waals surface area contributed by atoms with Crippen LogP contribution >= 0.6 is 11.6 Å². The number of nitrogens with zero attached hydrogens (tertiary/aromatic N) is 1. The molecule has 4 rings (SSSR count). The van der Waals surface area contributed by atoms with Crippen LogP contribution in [0.15, 0.2) is 42.5 Å². The summed E-state index contributed by atoms with van der Waals surface area (Å²) in [6, 6.07) is 13.3. The van der Waals surface area contributed by atoms with Crippen LogP contribution in [0, 0.1) is 5.92 Å². The number of benzene rings is 2. The third-order valence-corrected chi connectivity index (χ3v) is 8.27. The van der Waals surface area contributed by atoms with Gasteiger partial charge in [-0.1, -0.05) is 49.2 Å². The number of hydrogen-bond acceptors (Lipinski definition) is 4. The Morgan fingerprint density at radius 1 is 1.21 bits per heavy atom. The van der Waals surface area contributed by atoms with Crippen molar-refractivity contribution in [3.05, 3.63) is 64.4 Å². The van der Waals surface area contributed by atoms with E-state index in [0.29, 0.717) is 6.54 Å². The summed E-state index contributed by atoms with van der Waals surface area (Å²) in [5, 5.41) is 6.72. The lowest BCUT2D eigenvalue weighted by Crippen LogP contribution is -2.57. The van der Waals surface area contributed by atoms with Crippen molar-refractivity contribution in [3.8, 4) is 0 Å². The van der Waals surface area contributed by atoms with E-state index in [1.165, 1.54) is 0 Å². The topological polar surface area (TPSA) is 96.1 Å². The van der Waals surface area contributed by atoms with E-state index in [4.69, 9.17) is 21.3 Å². The summed E-state index contributed by atoms with van der Waals surface area (Å²) in [7, 11) is 1.59.